The molecular formula is C26H36N6O4. The van der Waals surface area contributed by atoms with Crippen molar-refractivity contribution in [3.63, 3.8) is 0 Å². The number of hydrogen-bond donors (Lipinski definition) is 1. The van der Waals surface area contributed by atoms with Gasteiger partial charge in [-0.15, -0.1) is 0 Å². The monoisotopic (exact) mass is 496 g/mol. The number of hydrogen-bond acceptors (Lipinski definition) is 8. The maximum atomic E-state index is 13.2. The Bertz CT molecular complexity index is 1130. The van der Waals surface area contributed by atoms with Gasteiger partial charge >= 0.3 is 0 Å². The molecule has 10 heteroatoms. The van der Waals surface area contributed by atoms with Crippen LogP contribution in [0.3, 0.4) is 0 Å². The van der Waals surface area contributed by atoms with Crippen molar-refractivity contribution in [2.75, 3.05) is 50.1 Å². The van der Waals surface area contributed by atoms with Gasteiger partial charge in [-0.3, -0.25) is 9.59 Å². The molecule has 2 aliphatic rings. The molecular weight excluding hydrogens is 460 g/mol. The number of anilines is 2. The molecule has 0 aliphatic carbocycles. The van der Waals surface area contributed by atoms with E-state index in [2.05, 4.69) is 5.32 Å². The van der Waals surface area contributed by atoms with Gasteiger partial charge in [-0.25, -0.2) is 4.98 Å². The first kappa shape index (κ1) is 25.5. The van der Waals surface area contributed by atoms with Gasteiger partial charge in [-0.1, -0.05) is 0 Å². The van der Waals surface area contributed by atoms with Crippen LogP contribution < -0.4 is 19.7 Å². The van der Waals surface area contributed by atoms with Crippen LogP contribution in [0.25, 0.3) is 0 Å². The van der Waals surface area contributed by atoms with Gasteiger partial charge in [0.25, 0.3) is 5.91 Å². The lowest BCUT2D eigenvalue weighted by atomic mass is 10.1. The summed E-state index contributed by atoms with van der Waals surface area (Å²) in [5, 5.41) is 3.53. The Balaban J connectivity index is 1.66. The first-order valence-electron chi connectivity index (χ1n) is 12.5. The number of amides is 2. The maximum Gasteiger partial charge on any atom is 0.273 e. The molecule has 1 aromatic heterocycles. The average molecular weight is 497 g/mol. The fraction of sp³-hybridized carbons (Fsp3) is 0.538. The Morgan fingerprint density at radius 3 is 2.47 bits per heavy atom. The molecule has 194 valence electrons. The van der Waals surface area contributed by atoms with Gasteiger partial charge in [0, 0.05) is 56.3 Å². The number of nitrogens with zero attached hydrogens (tertiary/aromatic N) is 5. The van der Waals surface area contributed by atoms with Crippen molar-refractivity contribution in [2.24, 2.45) is 0 Å². The molecule has 1 saturated heterocycles. The van der Waals surface area contributed by atoms with E-state index in [1.54, 1.807) is 14.0 Å². The van der Waals surface area contributed by atoms with E-state index >= 15 is 0 Å². The number of benzene rings is 1. The highest BCUT2D eigenvalue weighted by Crippen LogP contribution is 2.35. The summed E-state index contributed by atoms with van der Waals surface area (Å²) in [6, 6.07) is 5.68. The number of carbonyl (C=O) groups is 2. The third-order valence-electron chi connectivity index (χ3n) is 6.75. The second-order valence-corrected chi connectivity index (χ2v) is 9.42. The summed E-state index contributed by atoms with van der Waals surface area (Å²) in [5.74, 6) is 2.59. The van der Waals surface area contributed by atoms with Crippen molar-refractivity contribution in [1.29, 1.82) is 0 Å². The number of ether oxygens (including phenoxy) is 2. The molecule has 36 heavy (non-hydrogen) atoms. The third-order valence-corrected chi connectivity index (χ3v) is 6.75. The molecule has 0 unspecified atom stereocenters. The topological polar surface area (TPSA) is 100 Å². The number of aromatic nitrogens is 2. The lowest BCUT2D eigenvalue weighted by Gasteiger charge is -2.34. The number of methoxy groups -OCH3 is 1. The minimum atomic E-state index is -0.153. The van der Waals surface area contributed by atoms with E-state index in [-0.39, 0.29) is 23.9 Å². The van der Waals surface area contributed by atoms with E-state index in [4.69, 9.17) is 19.4 Å². The quantitative estimate of drug-likeness (QED) is 0.595. The Kier molecular flexibility index (Phi) is 7.51. The zero-order chi connectivity index (χ0) is 26.0. The molecule has 4 rings (SSSR count). The normalized spacial score (nSPS) is 16.3. The van der Waals surface area contributed by atoms with E-state index in [9.17, 15) is 9.59 Å². The Labute approximate surface area is 212 Å². The van der Waals surface area contributed by atoms with Crippen LogP contribution in [0.4, 0.5) is 11.8 Å². The fourth-order valence-electron chi connectivity index (χ4n) is 4.66. The summed E-state index contributed by atoms with van der Waals surface area (Å²) in [6.07, 6.45) is 0. The summed E-state index contributed by atoms with van der Waals surface area (Å²) in [6.45, 7) is 13.0. The molecule has 1 atom stereocenters. The van der Waals surface area contributed by atoms with Gasteiger partial charge in [-0.05, 0) is 39.8 Å². The van der Waals surface area contributed by atoms with Crippen molar-refractivity contribution in [3.8, 4) is 11.5 Å². The van der Waals surface area contributed by atoms with Gasteiger partial charge in [-0.2, -0.15) is 4.98 Å². The van der Waals surface area contributed by atoms with E-state index in [1.807, 2.05) is 60.6 Å². The standard InChI is InChI=1S/C26H36N6O4/c1-7-36-19-8-9-20(22(14-19)35-6)17(4)27-24-21-15-32(16(2)3)25(34)23(21)28-26(29-24)31-12-10-30(11-13-31)18(5)33/h8-9,14,16-17H,7,10-13,15H2,1-6H3,(H,27,28,29)/t17-/m1/s1. The van der Waals surface area contributed by atoms with Crippen LogP contribution in [0.5, 0.6) is 11.5 Å². The minimum Gasteiger partial charge on any atom is -0.496 e. The van der Waals surface area contributed by atoms with E-state index < -0.39 is 0 Å². The minimum absolute atomic E-state index is 0.0470. The molecule has 1 fully saturated rings. The van der Waals surface area contributed by atoms with Crippen LogP contribution in [0.15, 0.2) is 18.2 Å². The zero-order valence-electron chi connectivity index (χ0n) is 22.0. The van der Waals surface area contributed by atoms with Crippen molar-refractivity contribution in [1.82, 2.24) is 19.8 Å². The van der Waals surface area contributed by atoms with Crippen LogP contribution in [-0.2, 0) is 11.3 Å². The number of nitrogens with one attached hydrogen (secondary N) is 1. The van der Waals surface area contributed by atoms with Gasteiger partial charge in [0.1, 0.15) is 23.0 Å². The fourth-order valence-corrected chi connectivity index (χ4v) is 4.66. The molecule has 2 amide bonds. The van der Waals surface area contributed by atoms with Crippen LogP contribution in [0.2, 0.25) is 0 Å². The SMILES string of the molecule is CCOc1ccc([C@@H](C)Nc2nc(N3CCN(C(C)=O)CC3)nc3c2CN(C(C)C)C3=O)c(OC)c1. The molecule has 0 bridgehead atoms. The molecule has 2 aromatic rings. The van der Waals surface area contributed by atoms with Gasteiger partial charge < -0.3 is 29.5 Å². The van der Waals surface area contributed by atoms with Crippen LogP contribution in [-0.4, -0.2) is 77.5 Å². The molecule has 1 aromatic carbocycles. The lowest BCUT2D eigenvalue weighted by molar-refractivity contribution is -0.129. The van der Waals surface area contributed by atoms with E-state index in [1.165, 1.54) is 0 Å². The van der Waals surface area contributed by atoms with Crippen molar-refractivity contribution < 1.29 is 19.1 Å². The highest BCUT2D eigenvalue weighted by molar-refractivity contribution is 5.98. The van der Waals surface area contributed by atoms with Crippen molar-refractivity contribution in [3.05, 3.63) is 35.0 Å². The van der Waals surface area contributed by atoms with E-state index in [0.717, 1.165) is 16.9 Å². The predicted octanol–water partition coefficient (Wildman–Crippen LogP) is 3.09. The van der Waals surface area contributed by atoms with E-state index in [0.29, 0.717) is 62.5 Å². The summed E-state index contributed by atoms with van der Waals surface area (Å²) >= 11 is 0. The first-order valence-corrected chi connectivity index (χ1v) is 12.5. The third kappa shape index (κ3) is 5.03. The molecule has 1 N–H and O–H groups in total. The first-order chi connectivity index (χ1) is 17.2. The molecule has 2 aliphatic heterocycles. The summed E-state index contributed by atoms with van der Waals surface area (Å²) in [4.78, 5) is 40.2. The second-order valence-electron chi connectivity index (χ2n) is 9.42. The number of piperazine rings is 1. The van der Waals surface area contributed by atoms with Gasteiger partial charge in [0.05, 0.1) is 26.3 Å². The lowest BCUT2D eigenvalue weighted by Crippen LogP contribution is -2.48. The highest BCUT2D eigenvalue weighted by atomic mass is 16.5. The summed E-state index contributed by atoms with van der Waals surface area (Å²) in [7, 11) is 1.64. The number of carbonyl (C=O) groups excluding carboxylic acids is 2. The van der Waals surface area contributed by atoms with Crippen molar-refractivity contribution >= 4 is 23.6 Å². The molecule has 3 heterocycles. The molecule has 0 radical (unpaired) electrons. The predicted molar refractivity (Wildman–Crippen MR) is 138 cm³/mol. The van der Waals surface area contributed by atoms with Crippen molar-refractivity contribution in [2.45, 2.75) is 53.2 Å². The molecule has 0 spiro atoms. The number of rotatable bonds is 8. The number of fused-ring (bicyclic) bond motifs is 1. The molecule has 10 nitrogen and oxygen atoms in total. The summed E-state index contributed by atoms with van der Waals surface area (Å²) < 4.78 is 11.3. The highest BCUT2D eigenvalue weighted by Gasteiger charge is 2.35. The maximum absolute atomic E-state index is 13.2. The summed E-state index contributed by atoms with van der Waals surface area (Å²) in [5.41, 5.74) is 2.20. The molecule has 0 saturated carbocycles. The van der Waals surface area contributed by atoms with Gasteiger partial charge in [0.2, 0.25) is 11.9 Å². The Hall–Kier alpha value is -3.56. The van der Waals surface area contributed by atoms with Crippen LogP contribution in [0, 0.1) is 0 Å². The largest absolute Gasteiger partial charge is 0.496 e. The average Bonchev–Trinajstić information content (AvgIpc) is 3.21. The Morgan fingerprint density at radius 2 is 1.86 bits per heavy atom. The smallest absolute Gasteiger partial charge is 0.273 e. The zero-order valence-corrected chi connectivity index (χ0v) is 22.0. The Morgan fingerprint density at radius 1 is 1.14 bits per heavy atom. The van der Waals surface area contributed by atoms with Crippen LogP contribution >= 0.6 is 0 Å². The van der Waals surface area contributed by atoms with Crippen LogP contribution in [0.1, 0.15) is 62.3 Å². The second kappa shape index (κ2) is 10.6. The van der Waals surface area contributed by atoms with Gasteiger partial charge in [0.15, 0.2) is 0 Å².